The van der Waals surface area contributed by atoms with Gasteiger partial charge in [0.1, 0.15) is 18.3 Å². The topological polar surface area (TPSA) is 60.4 Å². The summed E-state index contributed by atoms with van der Waals surface area (Å²) in [6, 6.07) is 34.9. The minimum Gasteiger partial charge on any atom is -0.460 e. The highest BCUT2D eigenvalue weighted by atomic mass is 16.5. The van der Waals surface area contributed by atoms with Crippen LogP contribution in [0.4, 0.5) is 0 Å². The SMILES string of the molecule is CC(=O)C(CC(=O)c1ccccc1)C(=O)OCc1ccc(/C=C/c2ccc(-c3ccccc3)cc2)cc1. The number of benzene rings is 4. The van der Waals surface area contributed by atoms with Crippen LogP contribution in [-0.4, -0.2) is 17.5 Å². The highest BCUT2D eigenvalue weighted by Gasteiger charge is 2.28. The first kappa shape index (κ1) is 25.5. The molecule has 0 N–H and O–H groups in total. The monoisotopic (exact) mass is 488 g/mol. The molecule has 4 heteroatoms. The number of carbonyl (C=O) groups excluding carboxylic acids is 3. The number of esters is 1. The van der Waals surface area contributed by atoms with Gasteiger partial charge in [-0.2, -0.15) is 0 Å². The molecule has 0 spiro atoms. The second kappa shape index (κ2) is 12.4. The quantitative estimate of drug-likeness (QED) is 0.104. The third-order valence-corrected chi connectivity index (χ3v) is 6.11. The normalized spacial score (nSPS) is 11.7. The van der Waals surface area contributed by atoms with Crippen molar-refractivity contribution < 1.29 is 19.1 Å². The van der Waals surface area contributed by atoms with Gasteiger partial charge in [0, 0.05) is 12.0 Å². The van der Waals surface area contributed by atoms with Crippen molar-refractivity contribution >= 4 is 29.7 Å². The summed E-state index contributed by atoms with van der Waals surface area (Å²) in [6.07, 6.45) is 3.87. The van der Waals surface area contributed by atoms with Gasteiger partial charge in [0.05, 0.1) is 0 Å². The number of rotatable bonds is 10. The molecule has 0 aromatic heterocycles. The molecule has 184 valence electrons. The molecule has 4 rings (SSSR count). The summed E-state index contributed by atoms with van der Waals surface area (Å²) in [5, 5.41) is 0. The first-order valence-electron chi connectivity index (χ1n) is 12.2. The lowest BCUT2D eigenvalue weighted by molar-refractivity contribution is -0.152. The molecule has 0 saturated heterocycles. The molecule has 0 amide bonds. The van der Waals surface area contributed by atoms with Crippen LogP contribution < -0.4 is 0 Å². The van der Waals surface area contributed by atoms with Crippen molar-refractivity contribution in [2.75, 3.05) is 0 Å². The fraction of sp³-hybridized carbons (Fsp3) is 0.121. The van der Waals surface area contributed by atoms with E-state index in [1.165, 1.54) is 18.1 Å². The Morgan fingerprint density at radius 1 is 0.676 bits per heavy atom. The van der Waals surface area contributed by atoms with E-state index in [-0.39, 0.29) is 24.6 Å². The lowest BCUT2D eigenvalue weighted by Crippen LogP contribution is -2.27. The van der Waals surface area contributed by atoms with Crippen molar-refractivity contribution in [3.8, 4) is 11.1 Å². The third kappa shape index (κ3) is 7.21. The van der Waals surface area contributed by atoms with Crippen molar-refractivity contribution in [1.82, 2.24) is 0 Å². The summed E-state index contributed by atoms with van der Waals surface area (Å²) in [6.45, 7) is 1.34. The number of hydrogen-bond acceptors (Lipinski definition) is 4. The molecule has 1 atom stereocenters. The summed E-state index contributed by atoms with van der Waals surface area (Å²) >= 11 is 0. The number of hydrogen-bond donors (Lipinski definition) is 0. The van der Waals surface area contributed by atoms with Crippen LogP contribution in [0.2, 0.25) is 0 Å². The zero-order chi connectivity index (χ0) is 26.0. The van der Waals surface area contributed by atoms with Gasteiger partial charge in [-0.3, -0.25) is 14.4 Å². The molecule has 0 fully saturated rings. The summed E-state index contributed by atoms with van der Waals surface area (Å²) in [5.41, 5.74) is 5.74. The van der Waals surface area contributed by atoms with Crippen LogP contribution in [0.15, 0.2) is 109 Å². The molecule has 4 aromatic carbocycles. The second-order valence-corrected chi connectivity index (χ2v) is 8.83. The van der Waals surface area contributed by atoms with Crippen LogP contribution in [0.25, 0.3) is 23.3 Å². The molecule has 1 unspecified atom stereocenters. The molecule has 0 bridgehead atoms. The Morgan fingerprint density at radius 2 is 1.19 bits per heavy atom. The van der Waals surface area contributed by atoms with E-state index in [0.29, 0.717) is 5.56 Å². The number of carbonyl (C=O) groups is 3. The Kier molecular flexibility index (Phi) is 8.56. The first-order chi connectivity index (χ1) is 18.0. The van der Waals surface area contributed by atoms with Crippen LogP contribution in [0.3, 0.4) is 0 Å². The molecule has 4 nitrogen and oxygen atoms in total. The van der Waals surface area contributed by atoms with Gasteiger partial charge in [0.25, 0.3) is 0 Å². The molecular formula is C33H28O4. The van der Waals surface area contributed by atoms with Crippen LogP contribution in [0.1, 0.15) is 40.4 Å². The summed E-state index contributed by atoms with van der Waals surface area (Å²) in [4.78, 5) is 37.0. The van der Waals surface area contributed by atoms with Gasteiger partial charge in [-0.25, -0.2) is 0 Å². The molecule has 0 aliphatic carbocycles. The summed E-state index contributed by atoms with van der Waals surface area (Å²) < 4.78 is 5.38. The highest BCUT2D eigenvalue weighted by Crippen LogP contribution is 2.20. The van der Waals surface area contributed by atoms with Gasteiger partial charge in [-0.15, -0.1) is 0 Å². The molecule has 0 aliphatic heterocycles. The lowest BCUT2D eigenvalue weighted by atomic mass is 9.95. The van der Waals surface area contributed by atoms with E-state index in [9.17, 15) is 14.4 Å². The van der Waals surface area contributed by atoms with E-state index in [4.69, 9.17) is 4.74 Å². The summed E-state index contributed by atoms with van der Waals surface area (Å²) in [5.74, 6) is -2.43. The molecule has 4 aromatic rings. The Labute approximate surface area is 217 Å². The second-order valence-electron chi connectivity index (χ2n) is 8.83. The van der Waals surface area contributed by atoms with E-state index in [1.807, 2.05) is 54.6 Å². The maximum absolute atomic E-state index is 12.6. The van der Waals surface area contributed by atoms with Gasteiger partial charge in [0.15, 0.2) is 5.78 Å². The maximum Gasteiger partial charge on any atom is 0.317 e. The zero-order valence-corrected chi connectivity index (χ0v) is 20.7. The Hall–Kier alpha value is -4.57. The Balaban J connectivity index is 1.31. The number of ether oxygens (including phenoxy) is 1. The van der Waals surface area contributed by atoms with Crippen molar-refractivity contribution in [3.05, 3.63) is 131 Å². The first-order valence-corrected chi connectivity index (χ1v) is 12.2. The Bertz CT molecular complexity index is 1370. The van der Waals surface area contributed by atoms with Crippen molar-refractivity contribution in [2.24, 2.45) is 5.92 Å². The van der Waals surface area contributed by atoms with E-state index in [2.05, 4.69) is 36.4 Å². The van der Waals surface area contributed by atoms with Gasteiger partial charge in [-0.05, 0) is 34.7 Å². The lowest BCUT2D eigenvalue weighted by Gasteiger charge is -2.13. The maximum atomic E-state index is 12.6. The van der Waals surface area contributed by atoms with E-state index < -0.39 is 11.9 Å². The average molecular weight is 489 g/mol. The summed E-state index contributed by atoms with van der Waals surface area (Å²) in [7, 11) is 0. The van der Waals surface area contributed by atoms with Crippen LogP contribution in [0, 0.1) is 5.92 Å². The van der Waals surface area contributed by atoms with Gasteiger partial charge >= 0.3 is 5.97 Å². The predicted octanol–water partition coefficient (Wildman–Crippen LogP) is 7.05. The molecule has 0 heterocycles. The standard InChI is InChI=1S/C33H28O4/c1-24(34)31(22-32(35)30-10-6-3-7-11-30)33(36)37-23-27-16-14-25(15-17-27)12-13-26-18-20-29(21-19-26)28-8-4-2-5-9-28/h2-21,31H,22-23H2,1H3/b13-12+. The highest BCUT2D eigenvalue weighted by molar-refractivity contribution is 6.05. The van der Waals surface area contributed by atoms with Crippen molar-refractivity contribution in [1.29, 1.82) is 0 Å². The average Bonchev–Trinajstić information content (AvgIpc) is 2.95. The van der Waals surface area contributed by atoms with Crippen molar-refractivity contribution in [2.45, 2.75) is 20.0 Å². The zero-order valence-electron chi connectivity index (χ0n) is 20.7. The minimum absolute atomic E-state index is 0.0348. The van der Waals surface area contributed by atoms with Crippen molar-refractivity contribution in [3.63, 3.8) is 0 Å². The third-order valence-electron chi connectivity index (χ3n) is 6.11. The largest absolute Gasteiger partial charge is 0.460 e. The Morgan fingerprint density at radius 3 is 1.76 bits per heavy atom. The molecule has 37 heavy (non-hydrogen) atoms. The van der Waals surface area contributed by atoms with E-state index >= 15 is 0 Å². The fourth-order valence-corrected chi connectivity index (χ4v) is 3.91. The number of ketones is 2. The molecule has 0 radical (unpaired) electrons. The smallest absolute Gasteiger partial charge is 0.317 e. The molecule has 0 saturated carbocycles. The van der Waals surface area contributed by atoms with Gasteiger partial charge in [-0.1, -0.05) is 121 Å². The molecule has 0 aliphatic rings. The van der Waals surface area contributed by atoms with Gasteiger partial charge < -0.3 is 4.74 Å². The minimum atomic E-state index is -1.11. The van der Waals surface area contributed by atoms with Crippen LogP contribution in [0.5, 0.6) is 0 Å². The van der Waals surface area contributed by atoms with E-state index in [0.717, 1.165) is 16.7 Å². The van der Waals surface area contributed by atoms with Crippen LogP contribution >= 0.6 is 0 Å². The number of Topliss-reactive ketones (excluding diaryl/α,β-unsaturated/α-hetero) is 2. The van der Waals surface area contributed by atoms with E-state index in [1.54, 1.807) is 30.3 Å². The van der Waals surface area contributed by atoms with Gasteiger partial charge in [0.2, 0.25) is 0 Å². The predicted molar refractivity (Wildman–Crippen MR) is 147 cm³/mol. The van der Waals surface area contributed by atoms with Crippen LogP contribution in [-0.2, 0) is 20.9 Å². The fourth-order valence-electron chi connectivity index (χ4n) is 3.91. The molecular weight excluding hydrogens is 460 g/mol.